The van der Waals surface area contributed by atoms with Crippen molar-refractivity contribution in [3.63, 3.8) is 0 Å². The van der Waals surface area contributed by atoms with Crippen LogP contribution >= 0.6 is 0 Å². The van der Waals surface area contributed by atoms with Crippen molar-refractivity contribution < 1.29 is 9.84 Å². The van der Waals surface area contributed by atoms with Crippen molar-refractivity contribution in [2.45, 2.75) is 39.2 Å². The highest BCUT2D eigenvalue weighted by atomic mass is 16.5. The molecule has 0 bridgehead atoms. The number of unbranched alkanes of at least 4 members (excludes halogenated alkanes) is 1. The summed E-state index contributed by atoms with van der Waals surface area (Å²) in [5.74, 6) is 0.392. The number of ether oxygens (including phenoxy) is 1. The molecule has 0 fully saturated rings. The summed E-state index contributed by atoms with van der Waals surface area (Å²) in [5.41, 5.74) is 0. The Hall–Kier alpha value is -0.340. The molecule has 0 aliphatic heterocycles. The van der Waals surface area contributed by atoms with Crippen molar-refractivity contribution in [1.82, 2.24) is 0 Å². The van der Waals surface area contributed by atoms with E-state index in [0.717, 1.165) is 6.42 Å². The average Bonchev–Trinajstić information content (AvgIpc) is 2.16. The van der Waals surface area contributed by atoms with Gasteiger partial charge in [-0.25, -0.2) is 0 Å². The van der Waals surface area contributed by atoms with E-state index in [2.05, 4.69) is 13.8 Å². The molecule has 0 heterocycles. The zero-order valence-electron chi connectivity index (χ0n) is 8.99. The number of aliphatic hydroxyl groups excluding tert-OH is 1. The van der Waals surface area contributed by atoms with Crippen molar-refractivity contribution in [2.75, 3.05) is 13.7 Å². The van der Waals surface area contributed by atoms with Gasteiger partial charge < -0.3 is 9.84 Å². The molecular weight excluding hydrogens is 164 g/mol. The Morgan fingerprint density at radius 3 is 2.62 bits per heavy atom. The minimum Gasteiger partial charge on any atom is -0.392 e. The molecule has 0 aliphatic carbocycles. The summed E-state index contributed by atoms with van der Waals surface area (Å²) in [6.07, 6.45) is 7.60. The molecule has 78 valence electrons. The van der Waals surface area contributed by atoms with Gasteiger partial charge in [-0.2, -0.15) is 0 Å². The van der Waals surface area contributed by atoms with E-state index in [1.165, 1.54) is 12.8 Å². The summed E-state index contributed by atoms with van der Waals surface area (Å²) in [7, 11) is 1.75. The van der Waals surface area contributed by atoms with Gasteiger partial charge in [-0.05, 0) is 6.42 Å². The molecule has 2 heteroatoms. The molecule has 2 unspecified atom stereocenters. The van der Waals surface area contributed by atoms with Gasteiger partial charge >= 0.3 is 0 Å². The number of aliphatic hydroxyl groups is 1. The van der Waals surface area contributed by atoms with Crippen LogP contribution in [-0.4, -0.2) is 24.9 Å². The van der Waals surface area contributed by atoms with Gasteiger partial charge in [0.05, 0.1) is 12.7 Å². The Labute approximate surface area is 81.6 Å². The van der Waals surface area contributed by atoms with Gasteiger partial charge in [0.15, 0.2) is 0 Å². The largest absolute Gasteiger partial charge is 0.392 e. The molecule has 0 amide bonds. The molecule has 2 atom stereocenters. The summed E-state index contributed by atoms with van der Waals surface area (Å²) in [5, 5.41) is 8.62. The first-order valence-electron chi connectivity index (χ1n) is 5.06. The van der Waals surface area contributed by atoms with E-state index >= 15 is 0 Å². The minimum atomic E-state index is 0.120. The fourth-order valence-electron chi connectivity index (χ4n) is 1.40. The smallest absolute Gasteiger partial charge is 0.0631 e. The lowest BCUT2D eigenvalue weighted by atomic mass is 9.99. The summed E-state index contributed by atoms with van der Waals surface area (Å²) in [6, 6.07) is 0. The predicted octanol–water partition coefficient (Wildman–Crippen LogP) is 2.38. The van der Waals surface area contributed by atoms with Crippen LogP contribution in [0.25, 0.3) is 0 Å². The molecule has 0 saturated heterocycles. The highest BCUT2D eigenvalue weighted by molar-refractivity contribution is 4.89. The lowest BCUT2D eigenvalue weighted by molar-refractivity contribution is 0.0653. The van der Waals surface area contributed by atoms with Crippen molar-refractivity contribution >= 4 is 0 Å². The Morgan fingerprint density at radius 1 is 1.46 bits per heavy atom. The van der Waals surface area contributed by atoms with Gasteiger partial charge in [0.2, 0.25) is 0 Å². The van der Waals surface area contributed by atoms with E-state index in [-0.39, 0.29) is 6.61 Å². The topological polar surface area (TPSA) is 29.5 Å². The molecular formula is C11H22O2. The van der Waals surface area contributed by atoms with E-state index in [0.29, 0.717) is 12.0 Å². The molecule has 13 heavy (non-hydrogen) atoms. The van der Waals surface area contributed by atoms with Gasteiger partial charge in [-0.3, -0.25) is 0 Å². The van der Waals surface area contributed by atoms with E-state index < -0.39 is 0 Å². The third kappa shape index (κ3) is 5.83. The maximum absolute atomic E-state index is 8.62. The highest BCUT2D eigenvalue weighted by Gasteiger charge is 2.12. The lowest BCUT2D eigenvalue weighted by Crippen LogP contribution is -2.18. The Morgan fingerprint density at radius 2 is 2.15 bits per heavy atom. The van der Waals surface area contributed by atoms with Gasteiger partial charge in [0, 0.05) is 13.0 Å². The first-order chi connectivity index (χ1) is 6.26. The molecule has 0 aromatic carbocycles. The van der Waals surface area contributed by atoms with Crippen molar-refractivity contribution in [3.8, 4) is 0 Å². The third-order valence-corrected chi connectivity index (χ3v) is 2.28. The second-order valence-corrected chi connectivity index (χ2v) is 3.39. The molecule has 0 aliphatic rings. The van der Waals surface area contributed by atoms with Crippen LogP contribution in [0.1, 0.15) is 33.1 Å². The van der Waals surface area contributed by atoms with Gasteiger partial charge in [-0.15, -0.1) is 0 Å². The number of rotatable bonds is 7. The van der Waals surface area contributed by atoms with Crippen molar-refractivity contribution in [1.29, 1.82) is 0 Å². The van der Waals surface area contributed by atoms with Crippen molar-refractivity contribution in [3.05, 3.63) is 12.2 Å². The number of hydrogen-bond acceptors (Lipinski definition) is 2. The van der Waals surface area contributed by atoms with Crippen LogP contribution in [0.3, 0.4) is 0 Å². The maximum atomic E-state index is 8.62. The SMILES string of the molecule is CCCCC(OC)C(C)C=CCO. The lowest BCUT2D eigenvalue weighted by Gasteiger charge is -2.19. The zero-order valence-corrected chi connectivity index (χ0v) is 8.99. The standard InChI is InChI=1S/C11H22O2/c1-4-5-8-11(13-3)10(2)7-6-9-12/h6-7,10-12H,4-5,8-9H2,1-3H3. The molecule has 0 aromatic heterocycles. The second-order valence-electron chi connectivity index (χ2n) is 3.39. The first kappa shape index (κ1) is 12.7. The van der Waals surface area contributed by atoms with Gasteiger partial charge in [-0.1, -0.05) is 38.8 Å². The van der Waals surface area contributed by atoms with E-state index in [1.807, 2.05) is 6.08 Å². The van der Waals surface area contributed by atoms with Crippen LogP contribution in [0.4, 0.5) is 0 Å². The average molecular weight is 186 g/mol. The summed E-state index contributed by atoms with van der Waals surface area (Å²) in [6.45, 7) is 4.42. The summed E-state index contributed by atoms with van der Waals surface area (Å²) >= 11 is 0. The summed E-state index contributed by atoms with van der Waals surface area (Å²) < 4.78 is 5.38. The predicted molar refractivity (Wildman–Crippen MR) is 55.7 cm³/mol. The summed E-state index contributed by atoms with van der Waals surface area (Å²) in [4.78, 5) is 0. The fraction of sp³-hybridized carbons (Fsp3) is 0.818. The van der Waals surface area contributed by atoms with Crippen LogP contribution in [0, 0.1) is 5.92 Å². The Balaban J connectivity index is 3.83. The Kier molecular flexibility index (Phi) is 8.05. The van der Waals surface area contributed by atoms with Crippen LogP contribution < -0.4 is 0 Å². The minimum absolute atomic E-state index is 0.120. The maximum Gasteiger partial charge on any atom is 0.0631 e. The molecule has 0 aromatic rings. The van der Waals surface area contributed by atoms with Crippen LogP contribution in [0.5, 0.6) is 0 Å². The first-order valence-corrected chi connectivity index (χ1v) is 5.06. The number of hydrogen-bond donors (Lipinski definition) is 1. The fourth-order valence-corrected chi connectivity index (χ4v) is 1.40. The normalized spacial score (nSPS) is 16.3. The van der Waals surface area contributed by atoms with Crippen LogP contribution in [-0.2, 0) is 4.74 Å². The van der Waals surface area contributed by atoms with E-state index in [9.17, 15) is 0 Å². The molecule has 0 rings (SSSR count). The third-order valence-electron chi connectivity index (χ3n) is 2.28. The van der Waals surface area contributed by atoms with E-state index in [1.54, 1.807) is 13.2 Å². The molecule has 0 spiro atoms. The van der Waals surface area contributed by atoms with Crippen LogP contribution in [0.2, 0.25) is 0 Å². The quantitative estimate of drug-likeness (QED) is 0.618. The van der Waals surface area contributed by atoms with Crippen molar-refractivity contribution in [2.24, 2.45) is 5.92 Å². The highest BCUT2D eigenvalue weighted by Crippen LogP contribution is 2.14. The van der Waals surface area contributed by atoms with Gasteiger partial charge in [0.1, 0.15) is 0 Å². The molecule has 1 N–H and O–H groups in total. The molecule has 2 nitrogen and oxygen atoms in total. The molecule has 0 radical (unpaired) electrons. The van der Waals surface area contributed by atoms with Crippen LogP contribution in [0.15, 0.2) is 12.2 Å². The monoisotopic (exact) mass is 186 g/mol. The second kappa shape index (κ2) is 8.27. The zero-order chi connectivity index (χ0) is 10.1. The number of methoxy groups -OCH3 is 1. The molecule has 0 saturated carbocycles. The van der Waals surface area contributed by atoms with Gasteiger partial charge in [0.25, 0.3) is 0 Å². The van der Waals surface area contributed by atoms with E-state index in [4.69, 9.17) is 9.84 Å². The Bertz CT molecular complexity index is 132.